The molecule has 1 saturated heterocycles. The zero-order valence-electron chi connectivity index (χ0n) is 9.97. The molecule has 0 aliphatic carbocycles. The van der Waals surface area contributed by atoms with Crippen molar-refractivity contribution in [1.82, 2.24) is 9.62 Å². The SMILES string of the molecule is COC(C)CS(=O)(=O)N1CCNC[C@@H]1C.Cl. The Labute approximate surface area is 104 Å². The summed E-state index contributed by atoms with van der Waals surface area (Å²) < 4.78 is 30.5. The van der Waals surface area contributed by atoms with E-state index >= 15 is 0 Å². The molecular weight excluding hydrogens is 252 g/mol. The van der Waals surface area contributed by atoms with Gasteiger partial charge in [0.1, 0.15) is 0 Å². The number of hydrogen-bond donors (Lipinski definition) is 1. The molecule has 0 bridgehead atoms. The lowest BCUT2D eigenvalue weighted by molar-refractivity contribution is 0.134. The summed E-state index contributed by atoms with van der Waals surface area (Å²) in [7, 11) is -1.65. The van der Waals surface area contributed by atoms with Crippen LogP contribution in [-0.4, -0.2) is 57.4 Å². The molecule has 0 aromatic heterocycles. The molecule has 16 heavy (non-hydrogen) atoms. The monoisotopic (exact) mass is 272 g/mol. The molecule has 5 nitrogen and oxygen atoms in total. The Bertz CT molecular complexity index is 297. The van der Waals surface area contributed by atoms with Crippen molar-refractivity contribution in [2.45, 2.75) is 26.0 Å². The summed E-state index contributed by atoms with van der Waals surface area (Å²) in [5, 5.41) is 3.17. The number of hydrogen-bond acceptors (Lipinski definition) is 4. The van der Waals surface area contributed by atoms with Crippen LogP contribution >= 0.6 is 12.4 Å². The van der Waals surface area contributed by atoms with E-state index < -0.39 is 10.0 Å². The minimum absolute atomic E-state index is 0. The van der Waals surface area contributed by atoms with Gasteiger partial charge in [-0.3, -0.25) is 0 Å². The van der Waals surface area contributed by atoms with Crippen molar-refractivity contribution >= 4 is 22.4 Å². The highest BCUT2D eigenvalue weighted by Crippen LogP contribution is 2.11. The fourth-order valence-corrected chi connectivity index (χ4v) is 3.61. The second-order valence-corrected chi connectivity index (χ2v) is 5.95. The summed E-state index contributed by atoms with van der Waals surface area (Å²) in [4.78, 5) is 0. The van der Waals surface area contributed by atoms with Gasteiger partial charge in [-0.2, -0.15) is 4.31 Å². The number of halogens is 1. The van der Waals surface area contributed by atoms with E-state index in [0.717, 1.165) is 13.1 Å². The summed E-state index contributed by atoms with van der Waals surface area (Å²) >= 11 is 0. The lowest BCUT2D eigenvalue weighted by Crippen LogP contribution is -2.53. The van der Waals surface area contributed by atoms with Crippen LogP contribution in [0.5, 0.6) is 0 Å². The van der Waals surface area contributed by atoms with Crippen LogP contribution in [0.2, 0.25) is 0 Å². The molecule has 98 valence electrons. The Kier molecular flexibility index (Phi) is 6.81. The summed E-state index contributed by atoms with van der Waals surface area (Å²) in [6, 6.07) is 0.0350. The number of piperazine rings is 1. The predicted molar refractivity (Wildman–Crippen MR) is 66.5 cm³/mol. The second kappa shape index (κ2) is 6.76. The Morgan fingerprint density at radius 3 is 2.69 bits per heavy atom. The van der Waals surface area contributed by atoms with Crippen molar-refractivity contribution in [2.24, 2.45) is 0 Å². The molecule has 0 radical (unpaired) electrons. The van der Waals surface area contributed by atoms with Gasteiger partial charge in [0.25, 0.3) is 0 Å². The summed E-state index contributed by atoms with van der Waals surface area (Å²) in [6.45, 7) is 5.69. The molecule has 1 unspecified atom stereocenters. The first-order valence-electron chi connectivity index (χ1n) is 5.20. The smallest absolute Gasteiger partial charge is 0.216 e. The first-order chi connectivity index (χ1) is 6.97. The zero-order chi connectivity index (χ0) is 11.5. The predicted octanol–water partition coefficient (Wildman–Crippen LogP) is 0.0666. The van der Waals surface area contributed by atoms with Crippen LogP contribution < -0.4 is 5.32 Å². The lowest BCUT2D eigenvalue weighted by Gasteiger charge is -2.33. The first kappa shape index (κ1) is 16.1. The third-order valence-electron chi connectivity index (χ3n) is 2.65. The third kappa shape index (κ3) is 4.18. The van der Waals surface area contributed by atoms with E-state index in [1.165, 1.54) is 7.11 Å². The van der Waals surface area contributed by atoms with Gasteiger partial charge in [-0.05, 0) is 13.8 Å². The average Bonchev–Trinajstić information content (AvgIpc) is 2.17. The molecule has 1 heterocycles. The van der Waals surface area contributed by atoms with Crippen LogP contribution in [0.1, 0.15) is 13.8 Å². The fourth-order valence-electron chi connectivity index (χ4n) is 1.70. The molecule has 1 fully saturated rings. The van der Waals surface area contributed by atoms with Crippen LogP contribution in [0.3, 0.4) is 0 Å². The Balaban J connectivity index is 0.00000225. The summed E-state index contributed by atoms with van der Waals surface area (Å²) in [6.07, 6.45) is -0.253. The van der Waals surface area contributed by atoms with Crippen molar-refractivity contribution in [2.75, 3.05) is 32.5 Å². The quantitative estimate of drug-likeness (QED) is 0.787. The molecule has 0 amide bonds. The normalized spacial score (nSPS) is 24.8. The zero-order valence-corrected chi connectivity index (χ0v) is 11.6. The van der Waals surface area contributed by atoms with E-state index in [0.29, 0.717) is 6.54 Å². The molecule has 0 saturated carbocycles. The maximum absolute atomic E-state index is 12.0. The standard InChI is InChI=1S/C9H20N2O3S.ClH/c1-8-6-10-4-5-11(8)15(12,13)7-9(2)14-3;/h8-10H,4-7H2,1-3H3;1H/t8-,9?;/m0./s1. The molecular formula is C9H21ClN2O3S. The van der Waals surface area contributed by atoms with Crippen LogP contribution in [-0.2, 0) is 14.8 Å². The maximum atomic E-state index is 12.0. The Morgan fingerprint density at radius 1 is 1.56 bits per heavy atom. The Morgan fingerprint density at radius 2 is 2.19 bits per heavy atom. The van der Waals surface area contributed by atoms with E-state index in [4.69, 9.17) is 4.74 Å². The molecule has 0 aromatic rings. The van der Waals surface area contributed by atoms with Crippen LogP contribution in [0.15, 0.2) is 0 Å². The number of ether oxygens (including phenoxy) is 1. The number of methoxy groups -OCH3 is 1. The van der Waals surface area contributed by atoms with E-state index in [1.807, 2.05) is 6.92 Å². The van der Waals surface area contributed by atoms with E-state index in [2.05, 4.69) is 5.32 Å². The molecule has 1 aliphatic rings. The van der Waals surface area contributed by atoms with Gasteiger partial charge in [0.05, 0.1) is 11.9 Å². The molecule has 0 spiro atoms. The van der Waals surface area contributed by atoms with Gasteiger partial charge in [-0.1, -0.05) is 0 Å². The minimum atomic E-state index is -3.18. The van der Waals surface area contributed by atoms with Crippen molar-refractivity contribution < 1.29 is 13.2 Å². The van der Waals surface area contributed by atoms with Crippen molar-refractivity contribution in [3.8, 4) is 0 Å². The minimum Gasteiger partial charge on any atom is -0.381 e. The largest absolute Gasteiger partial charge is 0.381 e. The topological polar surface area (TPSA) is 58.6 Å². The summed E-state index contributed by atoms with van der Waals surface area (Å²) in [5.41, 5.74) is 0. The van der Waals surface area contributed by atoms with Crippen LogP contribution in [0.25, 0.3) is 0 Å². The number of nitrogens with zero attached hydrogens (tertiary/aromatic N) is 1. The molecule has 1 N–H and O–H groups in total. The molecule has 0 aromatic carbocycles. The van der Waals surface area contributed by atoms with Crippen molar-refractivity contribution in [3.05, 3.63) is 0 Å². The first-order valence-corrected chi connectivity index (χ1v) is 6.81. The number of sulfonamides is 1. The van der Waals surface area contributed by atoms with Crippen molar-refractivity contribution in [3.63, 3.8) is 0 Å². The van der Waals surface area contributed by atoms with Crippen LogP contribution in [0, 0.1) is 0 Å². The highest BCUT2D eigenvalue weighted by atomic mass is 35.5. The summed E-state index contributed by atoms with van der Waals surface area (Å²) in [5.74, 6) is 0.0633. The van der Waals surface area contributed by atoms with Crippen LogP contribution in [0.4, 0.5) is 0 Å². The molecule has 1 aliphatic heterocycles. The highest BCUT2D eigenvalue weighted by Gasteiger charge is 2.30. The van der Waals surface area contributed by atoms with Crippen molar-refractivity contribution in [1.29, 1.82) is 0 Å². The van der Waals surface area contributed by atoms with Gasteiger partial charge in [0, 0.05) is 32.8 Å². The molecule has 2 atom stereocenters. The molecule has 7 heteroatoms. The number of nitrogens with one attached hydrogen (secondary N) is 1. The highest BCUT2D eigenvalue weighted by molar-refractivity contribution is 7.89. The van der Waals surface area contributed by atoms with Gasteiger partial charge in [-0.25, -0.2) is 8.42 Å². The van der Waals surface area contributed by atoms with Gasteiger partial charge >= 0.3 is 0 Å². The maximum Gasteiger partial charge on any atom is 0.216 e. The third-order valence-corrected chi connectivity index (χ3v) is 4.79. The van der Waals surface area contributed by atoms with Gasteiger partial charge in [-0.15, -0.1) is 12.4 Å². The van der Waals surface area contributed by atoms with Gasteiger partial charge in [0.15, 0.2) is 0 Å². The lowest BCUT2D eigenvalue weighted by atomic mass is 10.3. The van der Waals surface area contributed by atoms with Gasteiger partial charge in [0.2, 0.25) is 10.0 Å². The van der Waals surface area contributed by atoms with E-state index in [1.54, 1.807) is 11.2 Å². The second-order valence-electron chi connectivity index (χ2n) is 3.99. The fraction of sp³-hybridized carbons (Fsp3) is 1.00. The van der Waals surface area contributed by atoms with Gasteiger partial charge < -0.3 is 10.1 Å². The average molecular weight is 273 g/mol. The van der Waals surface area contributed by atoms with E-state index in [9.17, 15) is 8.42 Å². The number of rotatable bonds is 4. The Hall–Kier alpha value is 0.120. The molecule has 1 rings (SSSR count). The van der Waals surface area contributed by atoms with E-state index in [-0.39, 0.29) is 30.3 Å².